The lowest BCUT2D eigenvalue weighted by Crippen LogP contribution is -1.76. The van der Waals surface area contributed by atoms with E-state index in [9.17, 15) is 0 Å². The molecule has 3 rings (SSSR count). The molecule has 15 heavy (non-hydrogen) atoms. The summed E-state index contributed by atoms with van der Waals surface area (Å²) in [6.07, 6.45) is 9.26. The van der Waals surface area contributed by atoms with Crippen molar-refractivity contribution in [3.8, 4) is 11.1 Å². The third-order valence-corrected chi connectivity index (χ3v) is 2.47. The molecule has 0 unspecified atom stereocenters. The van der Waals surface area contributed by atoms with Crippen molar-refractivity contribution in [2.75, 3.05) is 0 Å². The topological polar surface area (TPSA) is 41.6 Å². The Morgan fingerprint density at radius 3 is 2.60 bits per heavy atom. The number of fused-ring (bicyclic) bond motifs is 1. The summed E-state index contributed by atoms with van der Waals surface area (Å²) in [4.78, 5) is 11.4. The second-order valence-electron chi connectivity index (χ2n) is 3.36. The molecular weight excluding hydrogens is 186 g/mol. The van der Waals surface area contributed by atoms with Crippen molar-refractivity contribution in [3.05, 3.63) is 49.2 Å². The lowest BCUT2D eigenvalue weighted by atomic mass is 10.1. The van der Waals surface area contributed by atoms with Crippen molar-refractivity contribution in [2.24, 2.45) is 0 Å². The van der Waals surface area contributed by atoms with Gasteiger partial charge in [-0.25, -0.2) is 0 Å². The molecular formula is C12H9N3. The highest BCUT2D eigenvalue weighted by atomic mass is 14.7. The molecule has 0 saturated carbocycles. The van der Waals surface area contributed by atoms with E-state index >= 15 is 0 Å². The van der Waals surface area contributed by atoms with E-state index in [4.69, 9.17) is 0 Å². The van der Waals surface area contributed by atoms with Crippen LogP contribution in [-0.4, -0.2) is 15.0 Å². The fourth-order valence-corrected chi connectivity index (χ4v) is 1.73. The summed E-state index contributed by atoms with van der Waals surface area (Å²) in [6, 6.07) is 5.96. The Morgan fingerprint density at radius 1 is 0.933 bits per heavy atom. The Morgan fingerprint density at radius 2 is 1.73 bits per heavy atom. The van der Waals surface area contributed by atoms with E-state index in [2.05, 4.69) is 15.0 Å². The van der Waals surface area contributed by atoms with E-state index in [1.807, 2.05) is 30.6 Å². The van der Waals surface area contributed by atoms with Gasteiger partial charge in [0.25, 0.3) is 0 Å². The average Bonchev–Trinajstić information content (AvgIpc) is 2.74. The van der Waals surface area contributed by atoms with Crippen molar-refractivity contribution in [1.82, 2.24) is 15.0 Å². The maximum Gasteiger partial charge on any atom is 0.0491 e. The molecule has 3 nitrogen and oxygen atoms in total. The molecule has 3 aromatic heterocycles. The summed E-state index contributed by atoms with van der Waals surface area (Å²) in [5, 5.41) is 1.14. The SMILES string of the molecule is c1cc(-c2c[nH]c3ccncc23)ccn1. The van der Waals surface area contributed by atoms with Gasteiger partial charge >= 0.3 is 0 Å². The monoisotopic (exact) mass is 195 g/mol. The second-order valence-corrected chi connectivity index (χ2v) is 3.36. The van der Waals surface area contributed by atoms with Crippen LogP contribution in [0.3, 0.4) is 0 Å². The van der Waals surface area contributed by atoms with Gasteiger partial charge in [-0.3, -0.25) is 9.97 Å². The van der Waals surface area contributed by atoms with Crippen molar-refractivity contribution in [1.29, 1.82) is 0 Å². The summed E-state index contributed by atoms with van der Waals surface area (Å²) in [5.74, 6) is 0. The maximum atomic E-state index is 4.14. The lowest BCUT2D eigenvalue weighted by molar-refractivity contribution is 1.33. The van der Waals surface area contributed by atoms with E-state index < -0.39 is 0 Å². The molecule has 0 aliphatic heterocycles. The molecule has 0 fully saturated rings. The molecule has 0 aromatic carbocycles. The minimum Gasteiger partial charge on any atom is -0.360 e. The molecule has 0 aliphatic carbocycles. The number of H-pyrrole nitrogens is 1. The zero-order valence-electron chi connectivity index (χ0n) is 8.01. The number of pyridine rings is 2. The molecule has 0 bridgehead atoms. The van der Waals surface area contributed by atoms with Gasteiger partial charge in [0.15, 0.2) is 0 Å². The molecule has 0 radical (unpaired) electrons. The zero-order valence-corrected chi connectivity index (χ0v) is 8.01. The number of nitrogens with zero attached hydrogens (tertiary/aromatic N) is 2. The number of aromatic amines is 1. The average molecular weight is 195 g/mol. The molecule has 3 heterocycles. The van der Waals surface area contributed by atoms with Gasteiger partial charge in [-0.15, -0.1) is 0 Å². The Kier molecular flexibility index (Phi) is 1.75. The number of aromatic nitrogens is 3. The first-order valence-electron chi connectivity index (χ1n) is 4.76. The first kappa shape index (κ1) is 8.17. The molecule has 1 N–H and O–H groups in total. The van der Waals surface area contributed by atoms with Crippen molar-refractivity contribution >= 4 is 10.9 Å². The fraction of sp³-hybridized carbons (Fsp3) is 0. The maximum absolute atomic E-state index is 4.14. The van der Waals surface area contributed by atoms with Gasteiger partial charge < -0.3 is 4.98 Å². The second kappa shape index (κ2) is 3.20. The molecule has 72 valence electrons. The highest BCUT2D eigenvalue weighted by Crippen LogP contribution is 2.26. The van der Waals surface area contributed by atoms with Gasteiger partial charge in [-0.2, -0.15) is 0 Å². The van der Waals surface area contributed by atoms with Crippen LogP contribution in [0.4, 0.5) is 0 Å². The predicted molar refractivity (Wildman–Crippen MR) is 59.3 cm³/mol. The molecule has 0 amide bonds. The van der Waals surface area contributed by atoms with E-state index in [1.54, 1.807) is 18.6 Å². The van der Waals surface area contributed by atoms with Crippen molar-refractivity contribution in [2.45, 2.75) is 0 Å². The van der Waals surface area contributed by atoms with Gasteiger partial charge in [0.2, 0.25) is 0 Å². The smallest absolute Gasteiger partial charge is 0.0491 e. The van der Waals surface area contributed by atoms with Gasteiger partial charge in [-0.1, -0.05) is 0 Å². The fourth-order valence-electron chi connectivity index (χ4n) is 1.73. The number of hydrogen-bond donors (Lipinski definition) is 1. The van der Waals surface area contributed by atoms with Crippen LogP contribution in [0.25, 0.3) is 22.0 Å². The molecule has 3 heteroatoms. The zero-order chi connectivity index (χ0) is 10.1. The van der Waals surface area contributed by atoms with Crippen LogP contribution in [0.15, 0.2) is 49.2 Å². The standard InChI is InChI=1S/C12H9N3/c1-4-13-5-2-9(1)10-8-15-12-3-6-14-7-11(10)12/h1-8,15H. The third-order valence-electron chi connectivity index (χ3n) is 2.47. The van der Waals surface area contributed by atoms with Gasteiger partial charge in [-0.05, 0) is 23.8 Å². The summed E-state index contributed by atoms with van der Waals surface area (Å²) in [6.45, 7) is 0. The summed E-state index contributed by atoms with van der Waals surface area (Å²) < 4.78 is 0. The van der Waals surface area contributed by atoms with Gasteiger partial charge in [0.1, 0.15) is 0 Å². The Balaban J connectivity index is 2.28. The molecule has 3 aromatic rings. The quantitative estimate of drug-likeness (QED) is 0.648. The summed E-state index contributed by atoms with van der Waals surface area (Å²) in [7, 11) is 0. The minimum atomic E-state index is 1.11. The summed E-state index contributed by atoms with van der Waals surface area (Å²) in [5.41, 5.74) is 3.43. The highest BCUT2D eigenvalue weighted by Gasteiger charge is 2.04. The van der Waals surface area contributed by atoms with Crippen LogP contribution >= 0.6 is 0 Å². The molecule has 0 spiro atoms. The van der Waals surface area contributed by atoms with Crippen molar-refractivity contribution < 1.29 is 0 Å². The minimum absolute atomic E-state index is 1.11. The normalized spacial score (nSPS) is 10.7. The number of hydrogen-bond acceptors (Lipinski definition) is 2. The first-order chi connectivity index (χ1) is 7.45. The molecule has 0 saturated heterocycles. The van der Waals surface area contributed by atoms with E-state index in [-0.39, 0.29) is 0 Å². The molecule has 0 atom stereocenters. The van der Waals surface area contributed by atoms with E-state index in [0.717, 1.165) is 16.5 Å². The van der Waals surface area contributed by atoms with Gasteiger partial charge in [0.05, 0.1) is 0 Å². The van der Waals surface area contributed by atoms with Gasteiger partial charge in [0, 0.05) is 47.5 Å². The van der Waals surface area contributed by atoms with Crippen LogP contribution in [0.2, 0.25) is 0 Å². The number of nitrogens with one attached hydrogen (secondary N) is 1. The molecule has 0 aliphatic rings. The Bertz CT molecular complexity index is 584. The summed E-state index contributed by atoms with van der Waals surface area (Å²) >= 11 is 0. The van der Waals surface area contributed by atoms with Crippen LogP contribution < -0.4 is 0 Å². The Hall–Kier alpha value is -2.16. The van der Waals surface area contributed by atoms with Crippen molar-refractivity contribution in [3.63, 3.8) is 0 Å². The third kappa shape index (κ3) is 1.29. The predicted octanol–water partition coefficient (Wildman–Crippen LogP) is 2.62. The number of rotatable bonds is 1. The highest BCUT2D eigenvalue weighted by molar-refractivity contribution is 5.94. The Labute approximate surface area is 86.8 Å². The lowest BCUT2D eigenvalue weighted by Gasteiger charge is -1.97. The van der Waals surface area contributed by atoms with Crippen LogP contribution in [0, 0.1) is 0 Å². The van der Waals surface area contributed by atoms with Crippen LogP contribution in [0.5, 0.6) is 0 Å². The van der Waals surface area contributed by atoms with Crippen LogP contribution in [-0.2, 0) is 0 Å². The first-order valence-corrected chi connectivity index (χ1v) is 4.76. The van der Waals surface area contributed by atoms with E-state index in [0.29, 0.717) is 0 Å². The van der Waals surface area contributed by atoms with E-state index in [1.165, 1.54) is 5.56 Å². The van der Waals surface area contributed by atoms with Crippen LogP contribution in [0.1, 0.15) is 0 Å². The largest absolute Gasteiger partial charge is 0.360 e.